The molecule has 1 saturated carbocycles. The molecule has 42 heavy (non-hydrogen) atoms. The molecule has 0 aromatic rings. The second-order valence-corrected chi connectivity index (χ2v) is 14.0. The van der Waals surface area contributed by atoms with Crippen LogP contribution in [-0.2, 0) is 47.6 Å². The Morgan fingerprint density at radius 2 is 1.90 bits per heavy atom. The van der Waals surface area contributed by atoms with Gasteiger partial charge in [0.25, 0.3) is 5.79 Å². The lowest BCUT2D eigenvalue weighted by molar-refractivity contribution is -0.369. The Balaban J connectivity index is 1.28. The fourth-order valence-corrected chi connectivity index (χ4v) is 9.67. The van der Waals surface area contributed by atoms with Crippen molar-refractivity contribution in [2.24, 2.45) is 35.0 Å². The lowest BCUT2D eigenvalue weighted by Gasteiger charge is -2.52. The number of aliphatic hydroxyl groups is 1. The Hall–Kier alpha value is -2.76. The number of carbonyl (C=O) groups is 4. The zero-order valence-electron chi connectivity index (χ0n) is 24.8. The molecule has 2 bridgehead atoms. The van der Waals surface area contributed by atoms with Crippen LogP contribution in [0.15, 0.2) is 23.5 Å². The Labute approximate surface area is 243 Å². The van der Waals surface area contributed by atoms with E-state index in [-0.39, 0.29) is 43.7 Å². The first kappa shape index (κ1) is 28.0. The van der Waals surface area contributed by atoms with Crippen LogP contribution in [-0.4, -0.2) is 70.4 Å². The average molecular weight is 587 g/mol. The maximum atomic E-state index is 14.1. The Kier molecular flexibility index (Phi) is 5.64. The lowest BCUT2D eigenvalue weighted by Crippen LogP contribution is -2.74. The summed E-state index contributed by atoms with van der Waals surface area (Å²) >= 11 is 0. The molecular weight excluding hydrogens is 548 g/mol. The van der Waals surface area contributed by atoms with Crippen LogP contribution in [0.5, 0.6) is 0 Å². The largest absolute Gasteiger partial charge is 0.466 e. The van der Waals surface area contributed by atoms with E-state index in [1.54, 1.807) is 19.9 Å². The zero-order valence-corrected chi connectivity index (χ0v) is 24.8. The van der Waals surface area contributed by atoms with Crippen molar-refractivity contribution in [2.75, 3.05) is 6.61 Å². The summed E-state index contributed by atoms with van der Waals surface area (Å²) in [7, 11) is 0. The van der Waals surface area contributed by atoms with Crippen molar-refractivity contribution < 1.29 is 52.7 Å². The fourth-order valence-electron chi connectivity index (χ4n) is 9.67. The standard InChI is InChI=1S/C31H38O11/c1-7-37-25(34)22-17-12-18-27(4,5)40-19-13-20(32)41-30(18,19)31(36,39-17)29(22)9-8-28(6)21(23(28)26(35)42-29)14(2)10-16-11-15(3)24(33)38-16/h10-11,14,17-19,21-23,36H,7-9,12-13H2,1-6H3/b16-10+/t14-,17-,18-,19+,21+,22-,23+,28+,29+,30+,31-/m0/s1. The van der Waals surface area contributed by atoms with Crippen molar-refractivity contribution in [2.45, 2.75) is 102 Å². The highest BCUT2D eigenvalue weighted by atomic mass is 16.7. The number of allylic oxidation sites excluding steroid dienone is 2. The van der Waals surface area contributed by atoms with Gasteiger partial charge in [0.2, 0.25) is 5.60 Å². The van der Waals surface area contributed by atoms with E-state index >= 15 is 0 Å². The molecule has 6 aliphatic heterocycles. The quantitative estimate of drug-likeness (QED) is 0.383. The predicted octanol–water partition coefficient (Wildman–Crippen LogP) is 2.49. The summed E-state index contributed by atoms with van der Waals surface area (Å²) in [4.78, 5) is 52.4. The normalized spacial score (nSPS) is 49.4. The highest BCUT2D eigenvalue weighted by Gasteiger charge is 2.90. The molecule has 11 heteroatoms. The average Bonchev–Trinajstić information content (AvgIpc) is 2.98. The first-order chi connectivity index (χ1) is 19.6. The van der Waals surface area contributed by atoms with Gasteiger partial charge in [-0.1, -0.05) is 13.8 Å². The van der Waals surface area contributed by atoms with Gasteiger partial charge in [-0.25, -0.2) is 4.79 Å². The van der Waals surface area contributed by atoms with Gasteiger partial charge in [0.15, 0.2) is 5.60 Å². The molecule has 0 unspecified atom stereocenters. The van der Waals surface area contributed by atoms with Gasteiger partial charge in [-0.15, -0.1) is 0 Å². The molecule has 6 fully saturated rings. The van der Waals surface area contributed by atoms with E-state index in [1.165, 1.54) is 0 Å². The molecule has 11 atom stereocenters. The van der Waals surface area contributed by atoms with Crippen LogP contribution in [0.1, 0.15) is 67.2 Å². The summed E-state index contributed by atoms with van der Waals surface area (Å²) in [5.41, 5.74) is -4.32. The van der Waals surface area contributed by atoms with Crippen LogP contribution < -0.4 is 0 Å². The molecule has 0 aromatic heterocycles. The minimum absolute atomic E-state index is 0.0859. The minimum atomic E-state index is -2.33. The van der Waals surface area contributed by atoms with Gasteiger partial charge in [0.05, 0.1) is 30.7 Å². The van der Waals surface area contributed by atoms with Crippen LogP contribution in [0.25, 0.3) is 0 Å². The summed E-state index contributed by atoms with van der Waals surface area (Å²) in [6.07, 6.45) is 2.54. The van der Waals surface area contributed by atoms with Gasteiger partial charge in [-0.2, -0.15) is 0 Å². The lowest BCUT2D eigenvalue weighted by atomic mass is 9.65. The highest BCUT2D eigenvalue weighted by molar-refractivity contribution is 5.92. The summed E-state index contributed by atoms with van der Waals surface area (Å²) in [6, 6.07) is 0. The molecule has 5 saturated heterocycles. The number of hydrogen-bond acceptors (Lipinski definition) is 11. The Morgan fingerprint density at radius 3 is 2.57 bits per heavy atom. The van der Waals surface area contributed by atoms with Gasteiger partial charge < -0.3 is 33.5 Å². The molecule has 0 radical (unpaired) electrons. The van der Waals surface area contributed by atoms with Crippen LogP contribution in [0.3, 0.4) is 0 Å². The van der Waals surface area contributed by atoms with Crippen LogP contribution in [0.4, 0.5) is 0 Å². The third kappa shape index (κ3) is 3.22. The van der Waals surface area contributed by atoms with Crippen LogP contribution in [0.2, 0.25) is 0 Å². The van der Waals surface area contributed by atoms with E-state index in [0.29, 0.717) is 17.8 Å². The summed E-state index contributed by atoms with van der Waals surface area (Å²) in [5.74, 6) is -6.37. The first-order valence-corrected chi connectivity index (χ1v) is 15.0. The monoisotopic (exact) mass is 586 g/mol. The molecule has 2 spiro atoms. The molecule has 6 heterocycles. The molecule has 1 aliphatic carbocycles. The summed E-state index contributed by atoms with van der Waals surface area (Å²) in [6.45, 7) is 11.2. The van der Waals surface area contributed by atoms with E-state index < -0.39 is 75.9 Å². The first-order valence-electron chi connectivity index (χ1n) is 15.0. The Morgan fingerprint density at radius 1 is 1.17 bits per heavy atom. The summed E-state index contributed by atoms with van der Waals surface area (Å²) < 4.78 is 35.9. The second kappa shape index (κ2) is 8.45. The number of fused-ring (bicyclic) bond motifs is 4. The minimum Gasteiger partial charge on any atom is -0.466 e. The van der Waals surface area contributed by atoms with Gasteiger partial charge in [-0.3, -0.25) is 14.4 Å². The second-order valence-electron chi connectivity index (χ2n) is 14.0. The molecule has 11 nitrogen and oxygen atoms in total. The number of hydrogen-bond donors (Lipinski definition) is 1. The van der Waals surface area contributed by atoms with Crippen molar-refractivity contribution in [1.29, 1.82) is 0 Å². The topological polar surface area (TPSA) is 144 Å². The van der Waals surface area contributed by atoms with Gasteiger partial charge in [-0.05, 0) is 76.4 Å². The molecule has 7 aliphatic rings. The zero-order chi connectivity index (χ0) is 30.2. The Bertz CT molecular complexity index is 1360. The van der Waals surface area contributed by atoms with Crippen molar-refractivity contribution in [1.82, 2.24) is 0 Å². The fraction of sp³-hybridized carbons (Fsp3) is 0.742. The van der Waals surface area contributed by atoms with E-state index in [1.807, 2.05) is 33.8 Å². The number of cyclic esters (lactones) is 1. The van der Waals surface area contributed by atoms with Crippen molar-refractivity contribution in [3.05, 3.63) is 23.5 Å². The van der Waals surface area contributed by atoms with E-state index in [2.05, 4.69) is 0 Å². The SMILES string of the molecule is CCOC(=O)[C@@H]1[C@@H]2C[C@H]3C(C)(C)O[C@@H]4CC(=O)O[C@@]43[C@@](O)(O2)[C@@]12CC[C@]1(C)[C@H]([C@@H](C)/C=C3\C=C(C)C(=O)O3)[C@@H]1C(=O)O2. The van der Waals surface area contributed by atoms with Crippen molar-refractivity contribution in [3.8, 4) is 0 Å². The number of rotatable bonds is 4. The van der Waals surface area contributed by atoms with Crippen LogP contribution >= 0.6 is 0 Å². The maximum Gasteiger partial charge on any atom is 0.339 e. The molecule has 7 rings (SSSR count). The van der Waals surface area contributed by atoms with Crippen molar-refractivity contribution >= 4 is 23.9 Å². The molecule has 228 valence electrons. The smallest absolute Gasteiger partial charge is 0.339 e. The van der Waals surface area contributed by atoms with Crippen molar-refractivity contribution in [3.63, 3.8) is 0 Å². The maximum absolute atomic E-state index is 14.1. The van der Waals surface area contributed by atoms with E-state index in [4.69, 9.17) is 28.4 Å². The van der Waals surface area contributed by atoms with Gasteiger partial charge in [0, 0.05) is 11.5 Å². The van der Waals surface area contributed by atoms with Gasteiger partial charge in [0.1, 0.15) is 17.8 Å². The number of esters is 4. The number of carbonyl (C=O) groups excluding carboxylic acids is 4. The summed E-state index contributed by atoms with van der Waals surface area (Å²) in [5, 5.41) is 12.8. The number of ether oxygens (including phenoxy) is 6. The molecule has 0 aromatic carbocycles. The van der Waals surface area contributed by atoms with Crippen LogP contribution in [0, 0.1) is 35.0 Å². The third-order valence-electron chi connectivity index (χ3n) is 11.4. The third-order valence-corrected chi connectivity index (χ3v) is 11.4. The molecule has 1 N–H and O–H groups in total. The molecular formula is C31H38O11. The highest BCUT2D eigenvalue weighted by Crippen LogP contribution is 2.73. The van der Waals surface area contributed by atoms with E-state index in [9.17, 15) is 24.3 Å². The predicted molar refractivity (Wildman–Crippen MR) is 141 cm³/mol. The molecule has 0 amide bonds. The van der Waals surface area contributed by atoms with Gasteiger partial charge >= 0.3 is 23.9 Å². The van der Waals surface area contributed by atoms with E-state index in [0.717, 1.165) is 0 Å².